The van der Waals surface area contributed by atoms with E-state index in [1.54, 1.807) is 20.8 Å². The van der Waals surface area contributed by atoms with Gasteiger partial charge in [-0.1, -0.05) is 12.1 Å². The summed E-state index contributed by atoms with van der Waals surface area (Å²) in [6, 6.07) is 4.65. The number of carbonyl (C=O) groups excluding carboxylic acids is 3. The number of amides is 1. The van der Waals surface area contributed by atoms with Crippen LogP contribution in [0.4, 0.5) is 4.79 Å². The van der Waals surface area contributed by atoms with Crippen molar-refractivity contribution >= 4 is 23.8 Å². The van der Waals surface area contributed by atoms with Crippen LogP contribution in [0.25, 0.3) is 0 Å². The van der Waals surface area contributed by atoms with Crippen molar-refractivity contribution in [3.8, 4) is 5.75 Å². The molecule has 9 nitrogen and oxygen atoms in total. The van der Waals surface area contributed by atoms with Crippen LogP contribution in [-0.2, 0) is 19.1 Å². The number of benzene rings is 1. The molecule has 0 aliphatic heterocycles. The molecular weight excluding hydrogens is 358 g/mol. The minimum Gasteiger partial charge on any atom is -0.493 e. The Hall–Kier alpha value is -3.10. The number of hydrogen-bond acceptors (Lipinski definition) is 7. The van der Waals surface area contributed by atoms with E-state index in [9.17, 15) is 19.2 Å². The molecule has 0 bridgehead atoms. The average Bonchev–Trinajstić information content (AvgIpc) is 2.58. The summed E-state index contributed by atoms with van der Waals surface area (Å²) in [7, 11) is 1.19. The van der Waals surface area contributed by atoms with Crippen LogP contribution in [0.2, 0.25) is 0 Å². The summed E-state index contributed by atoms with van der Waals surface area (Å²) >= 11 is 0. The number of carbonyl (C=O) groups is 4. The Morgan fingerprint density at radius 1 is 1.19 bits per heavy atom. The normalized spacial score (nSPS) is 11.9. The number of ketones is 1. The highest BCUT2D eigenvalue weighted by Gasteiger charge is 2.25. The molecule has 0 aliphatic carbocycles. The van der Waals surface area contributed by atoms with Gasteiger partial charge in [-0.05, 0) is 32.9 Å². The lowest BCUT2D eigenvalue weighted by Crippen LogP contribution is -2.44. The molecule has 0 saturated heterocycles. The van der Waals surface area contributed by atoms with Gasteiger partial charge in [-0.15, -0.1) is 0 Å². The molecule has 0 saturated carbocycles. The summed E-state index contributed by atoms with van der Waals surface area (Å²) < 4.78 is 15.2. The first-order valence-electron chi connectivity index (χ1n) is 8.11. The highest BCUT2D eigenvalue weighted by molar-refractivity contribution is 6.39. The van der Waals surface area contributed by atoms with Crippen molar-refractivity contribution in [1.29, 1.82) is 0 Å². The molecule has 1 rings (SSSR count). The van der Waals surface area contributed by atoms with Crippen molar-refractivity contribution in [2.75, 3.05) is 13.7 Å². The Balaban J connectivity index is 2.68. The van der Waals surface area contributed by atoms with Crippen LogP contribution in [0.15, 0.2) is 24.3 Å². The number of rotatable bonds is 8. The zero-order valence-corrected chi connectivity index (χ0v) is 15.6. The Bertz CT molecular complexity index is 708. The molecule has 2 N–H and O–H groups in total. The lowest BCUT2D eigenvalue weighted by Gasteiger charge is -2.22. The SMILES string of the molecule is COC(=O)C(CCOc1cccc(C(=O)C(=O)O)c1)NC(=O)OC(C)(C)C. The van der Waals surface area contributed by atoms with Gasteiger partial charge in [-0.25, -0.2) is 14.4 Å². The number of Topliss-reactive ketones (excluding diaryl/α,β-unsaturated/α-hetero) is 1. The fourth-order valence-corrected chi connectivity index (χ4v) is 1.99. The summed E-state index contributed by atoms with van der Waals surface area (Å²) in [5, 5.41) is 11.1. The molecule has 1 aromatic rings. The van der Waals surface area contributed by atoms with Crippen LogP contribution in [-0.4, -0.2) is 54.3 Å². The third kappa shape index (κ3) is 7.76. The molecule has 0 fully saturated rings. The second kappa shape index (κ2) is 9.56. The van der Waals surface area contributed by atoms with Crippen LogP contribution in [0.5, 0.6) is 5.75 Å². The number of alkyl carbamates (subject to hydrolysis) is 1. The van der Waals surface area contributed by atoms with Gasteiger partial charge in [0.1, 0.15) is 17.4 Å². The maximum atomic E-state index is 11.8. The molecule has 0 heterocycles. The van der Waals surface area contributed by atoms with Gasteiger partial charge in [0.05, 0.1) is 13.7 Å². The van der Waals surface area contributed by atoms with Crippen LogP contribution in [0.3, 0.4) is 0 Å². The van der Waals surface area contributed by atoms with E-state index in [4.69, 9.17) is 14.6 Å². The van der Waals surface area contributed by atoms with Crippen molar-refractivity contribution in [1.82, 2.24) is 5.32 Å². The van der Waals surface area contributed by atoms with Crippen molar-refractivity contribution in [2.45, 2.75) is 38.8 Å². The minimum absolute atomic E-state index is 0.000278. The standard InChI is InChI=1S/C18H23NO8/c1-18(2,3)27-17(24)19-13(16(23)25-4)8-9-26-12-7-5-6-11(10-12)14(20)15(21)22/h5-7,10,13H,8-9H2,1-4H3,(H,19,24)(H,21,22). The number of ether oxygens (including phenoxy) is 3. The van der Waals surface area contributed by atoms with Crippen LogP contribution < -0.4 is 10.1 Å². The van der Waals surface area contributed by atoms with Crippen molar-refractivity contribution < 1.29 is 38.5 Å². The maximum Gasteiger partial charge on any atom is 0.408 e. The molecule has 148 valence electrons. The second-order valence-corrected chi connectivity index (χ2v) is 6.52. The van der Waals surface area contributed by atoms with E-state index in [1.165, 1.54) is 31.4 Å². The quantitative estimate of drug-likeness (QED) is 0.396. The summed E-state index contributed by atoms with van der Waals surface area (Å²) in [6.07, 6.45) is -0.699. The number of carboxylic acids is 1. The lowest BCUT2D eigenvalue weighted by molar-refractivity contribution is -0.143. The zero-order valence-electron chi connectivity index (χ0n) is 15.6. The van der Waals surface area contributed by atoms with E-state index in [-0.39, 0.29) is 24.3 Å². The molecule has 0 aromatic heterocycles. The predicted molar refractivity (Wildman–Crippen MR) is 93.7 cm³/mol. The van der Waals surface area contributed by atoms with Crippen molar-refractivity contribution in [2.24, 2.45) is 0 Å². The number of aliphatic carboxylic acids is 1. The fraction of sp³-hybridized carbons (Fsp3) is 0.444. The largest absolute Gasteiger partial charge is 0.493 e. The van der Waals surface area contributed by atoms with Gasteiger partial charge in [0, 0.05) is 12.0 Å². The number of nitrogens with one attached hydrogen (secondary N) is 1. The Labute approximate surface area is 156 Å². The summed E-state index contributed by atoms with van der Waals surface area (Å²) in [5.41, 5.74) is -0.755. The molecule has 1 unspecified atom stereocenters. The minimum atomic E-state index is -1.57. The molecule has 1 atom stereocenters. The topological polar surface area (TPSA) is 128 Å². The number of hydrogen-bond donors (Lipinski definition) is 2. The number of methoxy groups -OCH3 is 1. The van der Waals surface area contributed by atoms with Gasteiger partial charge >= 0.3 is 18.0 Å². The van der Waals surface area contributed by atoms with E-state index < -0.39 is 35.5 Å². The highest BCUT2D eigenvalue weighted by atomic mass is 16.6. The molecule has 1 amide bonds. The van der Waals surface area contributed by atoms with Gasteiger partial charge in [-0.3, -0.25) is 4.79 Å². The van der Waals surface area contributed by atoms with Crippen molar-refractivity contribution in [3.05, 3.63) is 29.8 Å². The zero-order chi connectivity index (χ0) is 20.6. The predicted octanol–water partition coefficient (Wildman–Crippen LogP) is 1.79. The molecule has 0 spiro atoms. The van der Waals surface area contributed by atoms with Crippen LogP contribution in [0, 0.1) is 0 Å². The second-order valence-electron chi connectivity index (χ2n) is 6.52. The maximum absolute atomic E-state index is 11.8. The molecule has 9 heteroatoms. The van der Waals surface area contributed by atoms with E-state index in [1.807, 2.05) is 0 Å². The first-order valence-corrected chi connectivity index (χ1v) is 8.11. The first-order chi connectivity index (χ1) is 12.5. The van der Waals surface area contributed by atoms with Gasteiger partial charge in [0.25, 0.3) is 5.78 Å². The Morgan fingerprint density at radius 2 is 1.85 bits per heavy atom. The molecule has 0 aliphatic rings. The Kier molecular flexibility index (Phi) is 7.77. The van der Waals surface area contributed by atoms with Crippen LogP contribution >= 0.6 is 0 Å². The Morgan fingerprint density at radius 3 is 2.41 bits per heavy atom. The first kappa shape index (κ1) is 21.9. The van der Waals surface area contributed by atoms with Gasteiger partial charge < -0.3 is 24.6 Å². The molecule has 0 radical (unpaired) electrons. The fourth-order valence-electron chi connectivity index (χ4n) is 1.99. The van der Waals surface area contributed by atoms with Gasteiger partial charge in [0.15, 0.2) is 0 Å². The monoisotopic (exact) mass is 381 g/mol. The van der Waals surface area contributed by atoms with Crippen LogP contribution in [0.1, 0.15) is 37.6 Å². The highest BCUT2D eigenvalue weighted by Crippen LogP contribution is 2.15. The van der Waals surface area contributed by atoms with Gasteiger partial charge in [-0.2, -0.15) is 0 Å². The van der Waals surface area contributed by atoms with Crippen molar-refractivity contribution in [3.63, 3.8) is 0 Å². The third-order valence-electron chi connectivity index (χ3n) is 3.14. The van der Waals surface area contributed by atoms with Gasteiger partial charge in [0.2, 0.25) is 0 Å². The summed E-state index contributed by atoms with van der Waals surface area (Å²) in [5.74, 6) is -3.04. The van der Waals surface area contributed by atoms with E-state index >= 15 is 0 Å². The smallest absolute Gasteiger partial charge is 0.408 e. The van der Waals surface area contributed by atoms with E-state index in [2.05, 4.69) is 10.1 Å². The summed E-state index contributed by atoms with van der Waals surface area (Å²) in [6.45, 7) is 5.07. The third-order valence-corrected chi connectivity index (χ3v) is 3.14. The summed E-state index contributed by atoms with van der Waals surface area (Å²) in [4.78, 5) is 45.8. The molecular formula is C18H23NO8. The van der Waals surface area contributed by atoms with E-state index in [0.29, 0.717) is 0 Å². The average molecular weight is 381 g/mol. The van der Waals surface area contributed by atoms with E-state index in [0.717, 1.165) is 0 Å². The lowest BCUT2D eigenvalue weighted by atomic mass is 10.1. The molecule has 27 heavy (non-hydrogen) atoms. The number of esters is 1. The molecule has 1 aromatic carbocycles. The number of carboxylic acid groups (broad SMARTS) is 1.